The predicted octanol–water partition coefficient (Wildman–Crippen LogP) is 2.76. The maximum Gasteiger partial charge on any atom is 0.314 e. The van der Waals surface area contributed by atoms with Gasteiger partial charge in [0, 0.05) is 19.5 Å². The molecule has 0 aromatic heterocycles. The van der Waals surface area contributed by atoms with Crippen LogP contribution in [0.2, 0.25) is 0 Å². The zero-order valence-electron chi connectivity index (χ0n) is 13.0. The van der Waals surface area contributed by atoms with Crippen LogP contribution in [0.5, 0.6) is 0 Å². The van der Waals surface area contributed by atoms with E-state index in [0.717, 1.165) is 25.3 Å². The van der Waals surface area contributed by atoms with Crippen molar-refractivity contribution >= 4 is 12.0 Å². The van der Waals surface area contributed by atoms with Crippen molar-refractivity contribution < 1.29 is 14.7 Å². The Morgan fingerprint density at radius 1 is 1.24 bits per heavy atom. The maximum absolute atomic E-state index is 11.8. The van der Waals surface area contributed by atoms with Crippen LogP contribution in [0.3, 0.4) is 0 Å². The molecule has 21 heavy (non-hydrogen) atoms. The molecule has 0 heterocycles. The third kappa shape index (κ3) is 5.21. The first-order chi connectivity index (χ1) is 10.1. The third-order valence-corrected chi connectivity index (χ3v) is 5.12. The van der Waals surface area contributed by atoms with E-state index in [1.54, 1.807) is 0 Å². The summed E-state index contributed by atoms with van der Waals surface area (Å²) in [6.45, 7) is 3.51. The minimum absolute atomic E-state index is 0.0741. The third-order valence-electron chi connectivity index (χ3n) is 5.12. The molecule has 5 nitrogen and oxygen atoms in total. The van der Waals surface area contributed by atoms with E-state index in [0.29, 0.717) is 24.3 Å². The highest BCUT2D eigenvalue weighted by atomic mass is 16.4. The number of urea groups is 1. The molecule has 2 aliphatic rings. The molecule has 0 aromatic carbocycles. The molecule has 0 bridgehead atoms. The summed E-state index contributed by atoms with van der Waals surface area (Å²) in [6, 6.07) is -0.0741. The number of hydrogen-bond donors (Lipinski definition) is 3. The predicted molar refractivity (Wildman–Crippen MR) is 81.1 cm³/mol. The van der Waals surface area contributed by atoms with E-state index in [2.05, 4.69) is 17.6 Å². The highest BCUT2D eigenvalue weighted by Gasteiger charge is 2.53. The van der Waals surface area contributed by atoms with Crippen molar-refractivity contribution in [2.24, 2.45) is 17.3 Å². The first kappa shape index (κ1) is 16.1. The molecule has 0 saturated heterocycles. The Morgan fingerprint density at radius 3 is 2.48 bits per heavy atom. The van der Waals surface area contributed by atoms with E-state index in [-0.39, 0.29) is 12.5 Å². The van der Waals surface area contributed by atoms with Gasteiger partial charge < -0.3 is 15.7 Å². The number of rotatable bonds is 10. The van der Waals surface area contributed by atoms with Crippen LogP contribution >= 0.6 is 0 Å². The fourth-order valence-electron chi connectivity index (χ4n) is 3.17. The Balaban J connectivity index is 1.54. The lowest BCUT2D eigenvalue weighted by atomic mass is 9.97. The fourth-order valence-corrected chi connectivity index (χ4v) is 3.17. The molecule has 2 aliphatic carbocycles. The molecule has 1 unspecified atom stereocenters. The van der Waals surface area contributed by atoms with E-state index in [1.165, 1.54) is 25.7 Å². The van der Waals surface area contributed by atoms with E-state index in [9.17, 15) is 9.59 Å². The Kier molecular flexibility index (Phi) is 5.48. The average molecular weight is 296 g/mol. The van der Waals surface area contributed by atoms with Gasteiger partial charge in [-0.3, -0.25) is 4.79 Å². The summed E-state index contributed by atoms with van der Waals surface area (Å²) in [6.07, 6.45) is 7.94. The molecule has 3 N–H and O–H groups in total. The Hall–Kier alpha value is -1.26. The quantitative estimate of drug-likeness (QED) is 0.580. The molecule has 0 radical (unpaired) electrons. The summed E-state index contributed by atoms with van der Waals surface area (Å²) in [5.41, 5.74) is 0.435. The van der Waals surface area contributed by atoms with Crippen LogP contribution in [0.1, 0.15) is 58.3 Å². The standard InChI is InChI=1S/C16H28N2O3/c1-2-12(3-6-14(19)20)7-10-17-15(21)18-11-16(8-9-16)13-4-5-13/h12-13H,2-11H2,1H3,(H,19,20)(H2,17,18,21). The molecule has 2 fully saturated rings. The van der Waals surface area contributed by atoms with Crippen LogP contribution in [0.15, 0.2) is 0 Å². The molecule has 5 heteroatoms. The van der Waals surface area contributed by atoms with E-state index < -0.39 is 5.97 Å². The Morgan fingerprint density at radius 2 is 1.95 bits per heavy atom. The molecule has 0 aliphatic heterocycles. The Labute approximate surface area is 126 Å². The van der Waals surface area contributed by atoms with Crippen LogP contribution in [0, 0.1) is 17.3 Å². The van der Waals surface area contributed by atoms with Crippen LogP contribution in [0.25, 0.3) is 0 Å². The first-order valence-corrected chi connectivity index (χ1v) is 8.29. The van der Waals surface area contributed by atoms with Gasteiger partial charge in [-0.05, 0) is 55.8 Å². The normalized spacial score (nSPS) is 20.6. The number of amides is 2. The number of carboxylic acids is 1. The second-order valence-electron chi connectivity index (χ2n) is 6.74. The molecule has 0 spiro atoms. The van der Waals surface area contributed by atoms with E-state index in [1.807, 2.05) is 0 Å². The lowest BCUT2D eigenvalue weighted by molar-refractivity contribution is -0.137. The van der Waals surface area contributed by atoms with Gasteiger partial charge >= 0.3 is 12.0 Å². The van der Waals surface area contributed by atoms with Crippen molar-refractivity contribution in [3.8, 4) is 0 Å². The highest BCUT2D eigenvalue weighted by Crippen LogP contribution is 2.60. The number of hydrogen-bond acceptors (Lipinski definition) is 2. The topological polar surface area (TPSA) is 78.4 Å². The van der Waals surface area contributed by atoms with Crippen molar-refractivity contribution in [1.29, 1.82) is 0 Å². The lowest BCUT2D eigenvalue weighted by Gasteiger charge is -2.17. The Bertz CT molecular complexity index is 376. The van der Waals surface area contributed by atoms with Gasteiger partial charge in [-0.15, -0.1) is 0 Å². The van der Waals surface area contributed by atoms with Crippen molar-refractivity contribution in [2.45, 2.75) is 58.3 Å². The molecule has 2 rings (SSSR count). The van der Waals surface area contributed by atoms with Crippen LogP contribution < -0.4 is 10.6 Å². The van der Waals surface area contributed by atoms with Gasteiger partial charge in [0.2, 0.25) is 0 Å². The minimum atomic E-state index is -0.742. The highest BCUT2D eigenvalue weighted by molar-refractivity contribution is 5.73. The second kappa shape index (κ2) is 7.14. The fraction of sp³-hybridized carbons (Fsp3) is 0.875. The van der Waals surface area contributed by atoms with Gasteiger partial charge in [0.05, 0.1) is 0 Å². The largest absolute Gasteiger partial charge is 0.481 e. The van der Waals surface area contributed by atoms with Crippen molar-refractivity contribution in [3.63, 3.8) is 0 Å². The van der Waals surface area contributed by atoms with Gasteiger partial charge in [-0.25, -0.2) is 4.79 Å². The SMILES string of the molecule is CCC(CCNC(=O)NCC1(C2CC2)CC1)CCC(=O)O. The monoisotopic (exact) mass is 296 g/mol. The second-order valence-corrected chi connectivity index (χ2v) is 6.74. The summed E-state index contributed by atoms with van der Waals surface area (Å²) in [5, 5.41) is 14.6. The number of carbonyl (C=O) groups excluding carboxylic acids is 1. The number of carbonyl (C=O) groups is 2. The molecular formula is C16H28N2O3. The van der Waals surface area contributed by atoms with Crippen LogP contribution in [-0.4, -0.2) is 30.2 Å². The first-order valence-electron chi connectivity index (χ1n) is 8.29. The van der Waals surface area contributed by atoms with Crippen molar-refractivity contribution in [2.75, 3.05) is 13.1 Å². The van der Waals surface area contributed by atoms with Crippen molar-refractivity contribution in [3.05, 3.63) is 0 Å². The van der Waals surface area contributed by atoms with E-state index >= 15 is 0 Å². The average Bonchev–Trinajstić information content (AvgIpc) is 3.32. The van der Waals surface area contributed by atoms with Gasteiger partial charge in [-0.2, -0.15) is 0 Å². The van der Waals surface area contributed by atoms with Gasteiger partial charge in [0.25, 0.3) is 0 Å². The molecule has 2 amide bonds. The summed E-state index contributed by atoms with van der Waals surface area (Å²) < 4.78 is 0. The number of aliphatic carboxylic acids is 1. The van der Waals surface area contributed by atoms with Crippen molar-refractivity contribution in [1.82, 2.24) is 10.6 Å². The molecule has 1 atom stereocenters. The summed E-state index contributed by atoms with van der Waals surface area (Å²) in [5.74, 6) is 0.495. The van der Waals surface area contributed by atoms with Crippen LogP contribution in [-0.2, 0) is 4.79 Å². The van der Waals surface area contributed by atoms with E-state index in [4.69, 9.17) is 5.11 Å². The zero-order chi connectivity index (χ0) is 15.3. The minimum Gasteiger partial charge on any atom is -0.481 e. The van der Waals surface area contributed by atoms with Gasteiger partial charge in [-0.1, -0.05) is 13.3 Å². The zero-order valence-corrected chi connectivity index (χ0v) is 13.0. The number of carboxylic acid groups (broad SMARTS) is 1. The smallest absolute Gasteiger partial charge is 0.314 e. The summed E-state index contributed by atoms with van der Waals surface area (Å²) in [7, 11) is 0. The molecule has 0 aromatic rings. The molecular weight excluding hydrogens is 268 g/mol. The lowest BCUT2D eigenvalue weighted by Crippen LogP contribution is -2.40. The maximum atomic E-state index is 11.8. The summed E-state index contributed by atoms with van der Waals surface area (Å²) >= 11 is 0. The van der Waals surface area contributed by atoms with Crippen LogP contribution in [0.4, 0.5) is 4.79 Å². The van der Waals surface area contributed by atoms with Gasteiger partial charge in [0.1, 0.15) is 0 Å². The molecule has 2 saturated carbocycles. The molecule has 120 valence electrons. The van der Waals surface area contributed by atoms with Gasteiger partial charge in [0.15, 0.2) is 0 Å². The number of nitrogens with one attached hydrogen (secondary N) is 2. The summed E-state index contributed by atoms with van der Waals surface area (Å²) in [4.78, 5) is 22.3.